The maximum absolute atomic E-state index is 12.9. The highest BCUT2D eigenvalue weighted by Gasteiger charge is 2.07. The van der Waals surface area contributed by atoms with Crippen molar-refractivity contribution in [2.75, 3.05) is 5.75 Å². The van der Waals surface area contributed by atoms with E-state index in [0.29, 0.717) is 5.56 Å². The van der Waals surface area contributed by atoms with Gasteiger partial charge in [-0.3, -0.25) is 4.79 Å². The minimum absolute atomic E-state index is 0.0971. The van der Waals surface area contributed by atoms with Crippen LogP contribution in [0.2, 0.25) is 0 Å². The normalized spacial score (nSPS) is 10.2. The van der Waals surface area contributed by atoms with Gasteiger partial charge in [0, 0.05) is 11.8 Å². The van der Waals surface area contributed by atoms with Crippen molar-refractivity contribution in [2.24, 2.45) is 0 Å². The summed E-state index contributed by atoms with van der Waals surface area (Å²) in [7, 11) is 0. The lowest BCUT2D eigenvalue weighted by molar-refractivity contribution is 0.102. The van der Waals surface area contributed by atoms with Crippen molar-refractivity contribution in [1.82, 2.24) is 4.98 Å². The van der Waals surface area contributed by atoms with Gasteiger partial charge in [0.05, 0.1) is 10.8 Å². The second kappa shape index (κ2) is 5.59. The van der Waals surface area contributed by atoms with E-state index < -0.39 is 5.82 Å². The van der Waals surface area contributed by atoms with Gasteiger partial charge >= 0.3 is 0 Å². The number of ketones is 1. The molecule has 1 aromatic carbocycles. The highest BCUT2D eigenvalue weighted by molar-refractivity contribution is 7.99. The van der Waals surface area contributed by atoms with E-state index in [1.807, 2.05) is 18.2 Å². The molecule has 0 aliphatic carbocycles. The van der Waals surface area contributed by atoms with Gasteiger partial charge in [0.15, 0.2) is 5.78 Å². The van der Waals surface area contributed by atoms with Crippen LogP contribution in [0.15, 0.2) is 53.7 Å². The first-order valence-electron chi connectivity index (χ1n) is 5.08. The van der Waals surface area contributed by atoms with E-state index in [4.69, 9.17) is 0 Å². The van der Waals surface area contributed by atoms with Gasteiger partial charge in [-0.2, -0.15) is 0 Å². The zero-order valence-corrected chi connectivity index (χ0v) is 9.78. The number of thioether (sulfide) groups is 1. The van der Waals surface area contributed by atoms with Gasteiger partial charge < -0.3 is 0 Å². The van der Waals surface area contributed by atoms with E-state index in [1.54, 1.807) is 12.3 Å². The highest BCUT2D eigenvalue weighted by Crippen LogP contribution is 2.16. The van der Waals surface area contributed by atoms with Crippen molar-refractivity contribution in [2.45, 2.75) is 5.03 Å². The Labute approximate surface area is 103 Å². The molecule has 2 nitrogen and oxygen atoms in total. The molecule has 0 saturated heterocycles. The molecule has 1 aromatic heterocycles. The lowest BCUT2D eigenvalue weighted by Gasteiger charge is -2.01. The Bertz CT molecular complexity index is 516. The number of carbonyl (C=O) groups excluding carboxylic acids is 1. The molecule has 0 fully saturated rings. The van der Waals surface area contributed by atoms with Crippen LogP contribution in [0.1, 0.15) is 10.4 Å². The molecule has 0 spiro atoms. The monoisotopic (exact) mass is 247 g/mol. The molecule has 17 heavy (non-hydrogen) atoms. The summed E-state index contributed by atoms with van der Waals surface area (Å²) in [5, 5.41) is 0.789. The number of nitrogens with zero attached hydrogens (tertiary/aromatic N) is 1. The third kappa shape index (κ3) is 3.39. The topological polar surface area (TPSA) is 30.0 Å². The predicted molar refractivity (Wildman–Crippen MR) is 65.7 cm³/mol. The molecule has 0 radical (unpaired) electrons. The largest absolute Gasteiger partial charge is 0.293 e. The Morgan fingerprint density at radius 2 is 2.12 bits per heavy atom. The smallest absolute Gasteiger partial charge is 0.173 e. The van der Waals surface area contributed by atoms with Crippen LogP contribution in [0.25, 0.3) is 0 Å². The number of Topliss-reactive ketones (excluding diaryl/α,β-unsaturated/α-hetero) is 1. The molecule has 1 heterocycles. The van der Waals surface area contributed by atoms with E-state index in [-0.39, 0.29) is 11.5 Å². The SMILES string of the molecule is O=C(CSc1ccccn1)c1cccc(F)c1. The average molecular weight is 247 g/mol. The number of hydrogen-bond donors (Lipinski definition) is 0. The van der Waals surface area contributed by atoms with Crippen molar-refractivity contribution in [3.05, 3.63) is 60.0 Å². The molecule has 2 rings (SSSR count). The van der Waals surface area contributed by atoms with E-state index in [0.717, 1.165) is 5.03 Å². The molecular weight excluding hydrogens is 237 g/mol. The van der Waals surface area contributed by atoms with Gasteiger partial charge in [0.1, 0.15) is 5.82 Å². The summed E-state index contributed by atoms with van der Waals surface area (Å²) in [6.45, 7) is 0. The van der Waals surface area contributed by atoms with Crippen molar-refractivity contribution < 1.29 is 9.18 Å². The van der Waals surface area contributed by atoms with E-state index >= 15 is 0 Å². The van der Waals surface area contributed by atoms with Crippen molar-refractivity contribution >= 4 is 17.5 Å². The van der Waals surface area contributed by atoms with Gasteiger partial charge in [-0.25, -0.2) is 9.37 Å². The van der Waals surface area contributed by atoms with Gasteiger partial charge in [-0.15, -0.1) is 0 Å². The molecule has 0 amide bonds. The Kier molecular flexibility index (Phi) is 3.88. The second-order valence-corrected chi connectivity index (χ2v) is 4.39. The van der Waals surface area contributed by atoms with Crippen LogP contribution >= 0.6 is 11.8 Å². The van der Waals surface area contributed by atoms with Gasteiger partial charge in [-0.1, -0.05) is 30.0 Å². The molecule has 0 atom stereocenters. The molecule has 0 bridgehead atoms. The molecule has 0 aliphatic heterocycles. The summed E-state index contributed by atoms with van der Waals surface area (Å²) >= 11 is 1.35. The highest BCUT2D eigenvalue weighted by atomic mass is 32.2. The Morgan fingerprint density at radius 1 is 1.24 bits per heavy atom. The summed E-state index contributed by atoms with van der Waals surface area (Å²) in [6, 6.07) is 11.2. The van der Waals surface area contributed by atoms with Crippen LogP contribution in [0.3, 0.4) is 0 Å². The number of carbonyl (C=O) groups is 1. The van der Waals surface area contributed by atoms with E-state index in [2.05, 4.69) is 4.98 Å². The number of halogens is 1. The maximum atomic E-state index is 12.9. The minimum atomic E-state index is -0.390. The fourth-order valence-electron chi connectivity index (χ4n) is 1.32. The summed E-state index contributed by atoms with van der Waals surface area (Å²) < 4.78 is 12.9. The molecule has 86 valence electrons. The molecule has 0 saturated carbocycles. The molecule has 4 heteroatoms. The van der Waals surface area contributed by atoms with Crippen molar-refractivity contribution in [3.63, 3.8) is 0 Å². The lowest BCUT2D eigenvalue weighted by atomic mass is 10.1. The molecule has 0 N–H and O–H groups in total. The Morgan fingerprint density at radius 3 is 2.82 bits per heavy atom. The fraction of sp³-hybridized carbons (Fsp3) is 0.0769. The first kappa shape index (κ1) is 11.8. The predicted octanol–water partition coefficient (Wildman–Crippen LogP) is 3.20. The summed E-state index contributed by atoms with van der Waals surface area (Å²) in [6.07, 6.45) is 1.68. The number of hydrogen-bond acceptors (Lipinski definition) is 3. The second-order valence-electron chi connectivity index (χ2n) is 3.39. The fourth-order valence-corrected chi connectivity index (χ4v) is 2.07. The summed E-state index contributed by atoms with van der Waals surface area (Å²) in [5.41, 5.74) is 0.397. The zero-order chi connectivity index (χ0) is 12.1. The summed E-state index contributed by atoms with van der Waals surface area (Å²) in [5.74, 6) is -0.223. The molecule has 0 aliphatic rings. The summed E-state index contributed by atoms with van der Waals surface area (Å²) in [4.78, 5) is 15.9. The lowest BCUT2D eigenvalue weighted by Crippen LogP contribution is -2.02. The number of aromatic nitrogens is 1. The minimum Gasteiger partial charge on any atom is -0.293 e. The van der Waals surface area contributed by atoms with Crippen LogP contribution in [-0.2, 0) is 0 Å². The van der Waals surface area contributed by atoms with Crippen molar-refractivity contribution in [3.8, 4) is 0 Å². The van der Waals surface area contributed by atoms with Crippen molar-refractivity contribution in [1.29, 1.82) is 0 Å². The van der Waals surface area contributed by atoms with Crippen LogP contribution in [-0.4, -0.2) is 16.5 Å². The first-order chi connectivity index (χ1) is 8.25. The number of rotatable bonds is 4. The number of pyridine rings is 1. The zero-order valence-electron chi connectivity index (χ0n) is 8.97. The van der Waals surface area contributed by atoms with Crippen LogP contribution in [0.4, 0.5) is 4.39 Å². The average Bonchev–Trinajstić information content (AvgIpc) is 2.37. The Hall–Kier alpha value is -1.68. The molecule has 2 aromatic rings. The third-order valence-corrected chi connectivity index (χ3v) is 3.08. The van der Waals surface area contributed by atoms with Gasteiger partial charge in [0.2, 0.25) is 0 Å². The third-order valence-electron chi connectivity index (χ3n) is 2.14. The van der Waals surface area contributed by atoms with E-state index in [9.17, 15) is 9.18 Å². The standard InChI is InChI=1S/C13H10FNOS/c14-11-5-3-4-10(8-11)12(16)9-17-13-6-1-2-7-15-13/h1-8H,9H2. The van der Waals surface area contributed by atoms with Crippen LogP contribution in [0, 0.1) is 5.82 Å². The van der Waals surface area contributed by atoms with Crippen LogP contribution < -0.4 is 0 Å². The van der Waals surface area contributed by atoms with Gasteiger partial charge in [0.25, 0.3) is 0 Å². The first-order valence-corrected chi connectivity index (χ1v) is 6.07. The maximum Gasteiger partial charge on any atom is 0.173 e. The Balaban J connectivity index is 1.98. The molecule has 0 unspecified atom stereocenters. The van der Waals surface area contributed by atoms with Crippen LogP contribution in [0.5, 0.6) is 0 Å². The van der Waals surface area contributed by atoms with Gasteiger partial charge in [-0.05, 0) is 24.3 Å². The quantitative estimate of drug-likeness (QED) is 0.614. The molecular formula is C13H10FNOS. The van der Waals surface area contributed by atoms with E-state index in [1.165, 1.54) is 30.0 Å². The number of benzene rings is 1.